The molecule has 2 amide bonds. The summed E-state index contributed by atoms with van der Waals surface area (Å²) in [5, 5.41) is 10.7. The molecular weight excluding hydrogens is 373 g/mol. The van der Waals surface area contributed by atoms with Gasteiger partial charge in [-0.3, -0.25) is 15.0 Å². The van der Waals surface area contributed by atoms with Crippen molar-refractivity contribution in [1.29, 1.82) is 5.26 Å². The Hall–Kier alpha value is -2.55. The first-order valence-electron chi connectivity index (χ1n) is 7.74. The molecule has 0 spiro atoms. The first kappa shape index (κ1) is 19.8. The molecule has 5 nitrogen and oxygen atoms in total. The quantitative estimate of drug-likeness (QED) is 0.770. The number of halogens is 2. The van der Waals surface area contributed by atoms with Crippen molar-refractivity contribution in [2.75, 3.05) is 0 Å². The SMILES string of the molecule is CC(C)(C)N(NC(=O)c1ccc(C#N)cc1)C(=O)c1ccc(Cl)c(Cl)c1. The molecule has 0 saturated heterocycles. The van der Waals surface area contributed by atoms with E-state index in [1.54, 1.807) is 26.8 Å². The van der Waals surface area contributed by atoms with Crippen LogP contribution in [0.4, 0.5) is 0 Å². The lowest BCUT2D eigenvalue weighted by Crippen LogP contribution is -2.55. The summed E-state index contributed by atoms with van der Waals surface area (Å²) in [4.78, 5) is 25.4. The summed E-state index contributed by atoms with van der Waals surface area (Å²) in [6, 6.07) is 12.6. The van der Waals surface area contributed by atoms with Gasteiger partial charge in [0.05, 0.1) is 27.2 Å². The van der Waals surface area contributed by atoms with Gasteiger partial charge in [0.2, 0.25) is 0 Å². The number of nitrogens with zero attached hydrogens (tertiary/aromatic N) is 2. The number of benzene rings is 2. The number of nitriles is 1. The number of nitrogens with one attached hydrogen (secondary N) is 1. The molecule has 2 aromatic rings. The second kappa shape index (κ2) is 7.77. The second-order valence-corrected chi connectivity index (χ2v) is 7.38. The van der Waals surface area contributed by atoms with Gasteiger partial charge in [-0.1, -0.05) is 23.2 Å². The zero-order chi connectivity index (χ0) is 19.5. The molecule has 0 aliphatic rings. The molecule has 0 fully saturated rings. The number of hydrogen-bond acceptors (Lipinski definition) is 3. The lowest BCUT2D eigenvalue weighted by Gasteiger charge is -2.35. The van der Waals surface area contributed by atoms with Gasteiger partial charge in [0, 0.05) is 11.1 Å². The Labute approximate surface area is 162 Å². The average molecular weight is 390 g/mol. The number of carbonyl (C=O) groups is 2. The van der Waals surface area contributed by atoms with Crippen molar-refractivity contribution in [3.63, 3.8) is 0 Å². The van der Waals surface area contributed by atoms with Crippen LogP contribution in [0.5, 0.6) is 0 Å². The first-order chi connectivity index (χ1) is 12.1. The summed E-state index contributed by atoms with van der Waals surface area (Å²) < 4.78 is 0. The molecule has 0 radical (unpaired) electrons. The van der Waals surface area contributed by atoms with Crippen molar-refractivity contribution < 1.29 is 9.59 Å². The smallest absolute Gasteiger partial charge is 0.267 e. The zero-order valence-corrected chi connectivity index (χ0v) is 16.0. The molecule has 0 unspecified atom stereocenters. The van der Waals surface area contributed by atoms with Gasteiger partial charge in [0.1, 0.15) is 0 Å². The van der Waals surface area contributed by atoms with E-state index < -0.39 is 17.4 Å². The third kappa shape index (κ3) is 4.54. The molecule has 0 heterocycles. The Bertz CT molecular complexity index is 881. The predicted octanol–water partition coefficient (Wildman–Crippen LogP) is 4.45. The Kier molecular flexibility index (Phi) is 5.91. The van der Waals surface area contributed by atoms with E-state index in [4.69, 9.17) is 28.5 Å². The Morgan fingerprint density at radius 1 is 1.00 bits per heavy atom. The molecule has 134 valence electrons. The standard InChI is InChI=1S/C19H17Cl2N3O2/c1-19(2,3)24(18(26)14-8-9-15(20)16(21)10-14)23-17(25)13-6-4-12(11-22)5-7-13/h4-10H,1-3H3,(H,23,25). The largest absolute Gasteiger partial charge is 0.272 e. The van der Waals surface area contributed by atoms with Gasteiger partial charge in [-0.05, 0) is 63.2 Å². The van der Waals surface area contributed by atoms with Crippen LogP contribution < -0.4 is 5.43 Å². The van der Waals surface area contributed by atoms with Gasteiger partial charge in [-0.25, -0.2) is 5.01 Å². The lowest BCUT2D eigenvalue weighted by atomic mass is 10.1. The second-order valence-electron chi connectivity index (χ2n) is 6.57. The van der Waals surface area contributed by atoms with Gasteiger partial charge in [-0.15, -0.1) is 0 Å². The zero-order valence-electron chi connectivity index (χ0n) is 14.5. The normalized spacial score (nSPS) is 10.8. The van der Waals surface area contributed by atoms with Gasteiger partial charge in [0.25, 0.3) is 11.8 Å². The summed E-state index contributed by atoms with van der Waals surface area (Å²) in [7, 11) is 0. The Morgan fingerprint density at radius 2 is 1.58 bits per heavy atom. The lowest BCUT2D eigenvalue weighted by molar-refractivity contribution is 0.0358. The van der Waals surface area contributed by atoms with E-state index in [-0.39, 0.29) is 5.02 Å². The maximum absolute atomic E-state index is 12.9. The number of hydrogen-bond donors (Lipinski definition) is 1. The van der Waals surface area contributed by atoms with Crippen molar-refractivity contribution in [2.45, 2.75) is 26.3 Å². The third-order valence-electron chi connectivity index (χ3n) is 3.53. The molecule has 0 atom stereocenters. The van der Waals surface area contributed by atoms with Crippen molar-refractivity contribution in [1.82, 2.24) is 10.4 Å². The van der Waals surface area contributed by atoms with E-state index in [0.29, 0.717) is 21.7 Å². The molecule has 7 heteroatoms. The number of hydrazine groups is 1. The van der Waals surface area contributed by atoms with Crippen molar-refractivity contribution >= 4 is 35.0 Å². The minimum absolute atomic E-state index is 0.254. The van der Waals surface area contributed by atoms with Crippen LogP contribution in [0.3, 0.4) is 0 Å². The number of carbonyl (C=O) groups excluding carboxylic acids is 2. The average Bonchev–Trinajstić information content (AvgIpc) is 2.60. The maximum atomic E-state index is 12.9. The van der Waals surface area contributed by atoms with Crippen LogP contribution in [0.25, 0.3) is 0 Å². The highest BCUT2D eigenvalue weighted by Gasteiger charge is 2.30. The van der Waals surface area contributed by atoms with E-state index >= 15 is 0 Å². The summed E-state index contributed by atoms with van der Waals surface area (Å²) >= 11 is 11.9. The molecule has 26 heavy (non-hydrogen) atoms. The summed E-state index contributed by atoms with van der Waals surface area (Å²) in [6.45, 7) is 5.38. The Balaban J connectivity index is 2.29. The van der Waals surface area contributed by atoms with E-state index in [1.165, 1.54) is 41.4 Å². The highest BCUT2D eigenvalue weighted by Crippen LogP contribution is 2.24. The maximum Gasteiger partial charge on any atom is 0.272 e. The molecule has 0 aliphatic carbocycles. The van der Waals surface area contributed by atoms with Crippen molar-refractivity contribution in [2.24, 2.45) is 0 Å². The number of amides is 2. The summed E-state index contributed by atoms with van der Waals surface area (Å²) in [5.41, 5.74) is 3.02. The van der Waals surface area contributed by atoms with Crippen LogP contribution >= 0.6 is 23.2 Å². The van der Waals surface area contributed by atoms with Gasteiger partial charge < -0.3 is 0 Å². The molecule has 2 aromatic carbocycles. The van der Waals surface area contributed by atoms with Crippen molar-refractivity contribution in [3.8, 4) is 6.07 Å². The predicted molar refractivity (Wildman–Crippen MR) is 101 cm³/mol. The highest BCUT2D eigenvalue weighted by atomic mass is 35.5. The molecular formula is C19H17Cl2N3O2. The fourth-order valence-corrected chi connectivity index (χ4v) is 2.44. The van der Waals surface area contributed by atoms with Crippen LogP contribution in [0.2, 0.25) is 10.0 Å². The first-order valence-corrected chi connectivity index (χ1v) is 8.50. The topological polar surface area (TPSA) is 73.2 Å². The molecule has 0 aliphatic heterocycles. The molecule has 0 aromatic heterocycles. The monoisotopic (exact) mass is 389 g/mol. The van der Waals surface area contributed by atoms with Crippen LogP contribution in [0, 0.1) is 11.3 Å². The summed E-state index contributed by atoms with van der Waals surface area (Å²) in [5.74, 6) is -0.879. The minimum atomic E-state index is -0.689. The van der Waals surface area contributed by atoms with Crippen LogP contribution in [0.1, 0.15) is 47.1 Å². The van der Waals surface area contributed by atoms with E-state index in [0.717, 1.165) is 0 Å². The van der Waals surface area contributed by atoms with Crippen molar-refractivity contribution in [3.05, 3.63) is 69.2 Å². The molecule has 0 bridgehead atoms. The van der Waals surface area contributed by atoms with E-state index in [1.807, 2.05) is 6.07 Å². The van der Waals surface area contributed by atoms with Crippen LogP contribution in [-0.2, 0) is 0 Å². The fraction of sp³-hybridized carbons (Fsp3) is 0.211. The van der Waals surface area contributed by atoms with E-state index in [9.17, 15) is 9.59 Å². The summed E-state index contributed by atoms with van der Waals surface area (Å²) in [6.07, 6.45) is 0. The van der Waals surface area contributed by atoms with Gasteiger partial charge in [-0.2, -0.15) is 5.26 Å². The minimum Gasteiger partial charge on any atom is -0.267 e. The van der Waals surface area contributed by atoms with Gasteiger partial charge >= 0.3 is 0 Å². The van der Waals surface area contributed by atoms with Gasteiger partial charge in [0.15, 0.2) is 0 Å². The third-order valence-corrected chi connectivity index (χ3v) is 4.27. The highest BCUT2D eigenvalue weighted by molar-refractivity contribution is 6.42. The molecule has 1 N–H and O–H groups in total. The molecule has 2 rings (SSSR count). The van der Waals surface area contributed by atoms with E-state index in [2.05, 4.69) is 5.43 Å². The fourth-order valence-electron chi connectivity index (χ4n) is 2.14. The number of rotatable bonds is 2. The van der Waals surface area contributed by atoms with Crippen LogP contribution in [0.15, 0.2) is 42.5 Å². The molecule has 0 saturated carbocycles. The van der Waals surface area contributed by atoms with Crippen LogP contribution in [-0.4, -0.2) is 22.4 Å². The Morgan fingerprint density at radius 3 is 2.08 bits per heavy atom.